The van der Waals surface area contributed by atoms with E-state index in [9.17, 15) is 19.2 Å². The maximum atomic E-state index is 13.5. The van der Waals surface area contributed by atoms with Crippen molar-refractivity contribution in [2.24, 2.45) is 0 Å². The number of nitrogens with two attached hydrogens (primary N) is 1. The number of H-pyrrole nitrogens is 1. The van der Waals surface area contributed by atoms with Gasteiger partial charge in [-0.2, -0.15) is 5.21 Å². The van der Waals surface area contributed by atoms with Crippen LogP contribution in [-0.4, -0.2) is 46.8 Å². The van der Waals surface area contributed by atoms with Crippen LogP contribution in [0.3, 0.4) is 0 Å². The average Bonchev–Trinajstić information content (AvgIpc) is 3.83. The summed E-state index contributed by atoms with van der Waals surface area (Å²) < 4.78 is 1.53. The number of amides is 2. The third kappa shape index (κ3) is 4.71. The first-order valence-electron chi connectivity index (χ1n) is 13.6. The molecule has 6 aromatic rings. The highest BCUT2D eigenvalue weighted by atomic mass is 16.2. The van der Waals surface area contributed by atoms with Gasteiger partial charge < -0.3 is 21.7 Å². The summed E-state index contributed by atoms with van der Waals surface area (Å²) in [5, 5.41) is 22.9. The standard InChI is InChI=1S/C29H23N11O4/c30-22-23(25(42)24(22)41)33-17-3-1-2-14(10-17)13-32-27(43)20-12-21(40-9-8-31-29(40)35-20)28(44)34-19-7-5-15-11-16(4-6-18(15)19)26-36-38-39-37-26/h1-4,6,8-12,19,33H,5,7,13,30H2,(H,32,43)(H,34,44)(H,36,37,38,39)/t19-/m0/s1. The van der Waals surface area contributed by atoms with Crippen LogP contribution >= 0.6 is 0 Å². The number of nitrogen functional groups attached to an aromatic ring is 1. The molecule has 1 atom stereocenters. The van der Waals surface area contributed by atoms with Crippen LogP contribution in [0.15, 0.2) is 70.5 Å². The van der Waals surface area contributed by atoms with Crippen molar-refractivity contribution < 1.29 is 9.59 Å². The number of aryl methyl sites for hydroxylation is 1. The number of aromatic amines is 1. The van der Waals surface area contributed by atoms with Crippen LogP contribution in [0.4, 0.5) is 17.1 Å². The van der Waals surface area contributed by atoms with Gasteiger partial charge >= 0.3 is 0 Å². The second-order valence-corrected chi connectivity index (χ2v) is 10.3. The lowest BCUT2D eigenvalue weighted by atomic mass is 10.0. The largest absolute Gasteiger partial charge is 0.394 e. The van der Waals surface area contributed by atoms with Crippen molar-refractivity contribution in [1.29, 1.82) is 0 Å². The van der Waals surface area contributed by atoms with Crippen LogP contribution in [0.1, 0.15) is 50.1 Å². The molecule has 6 N–H and O–H groups in total. The molecule has 3 aromatic carbocycles. The number of rotatable bonds is 8. The molecule has 15 heteroatoms. The van der Waals surface area contributed by atoms with Gasteiger partial charge in [-0.1, -0.05) is 24.3 Å². The lowest BCUT2D eigenvalue weighted by molar-refractivity contribution is 0.0930. The molecule has 218 valence electrons. The SMILES string of the molecule is Nc1c(Nc2cccc(CNC(=O)c3cc(C(=O)N[C@H]4CCc5cc(-c6nn[nH]n6)ccc54)n4ccnc4n3)c2)c(=O)c1=O. The van der Waals surface area contributed by atoms with Crippen LogP contribution in [0, 0.1) is 0 Å². The molecule has 15 nitrogen and oxygen atoms in total. The Morgan fingerprint density at radius 2 is 1.95 bits per heavy atom. The maximum absolute atomic E-state index is 13.5. The van der Waals surface area contributed by atoms with Crippen molar-refractivity contribution in [2.45, 2.75) is 25.4 Å². The molecule has 0 aliphatic heterocycles. The number of imidazole rings is 1. The van der Waals surface area contributed by atoms with Crippen LogP contribution in [0.25, 0.3) is 17.2 Å². The summed E-state index contributed by atoms with van der Waals surface area (Å²) in [6.07, 6.45) is 4.60. The van der Waals surface area contributed by atoms with Crippen molar-refractivity contribution >= 4 is 34.7 Å². The number of anilines is 3. The fraction of sp³-hybridized carbons (Fsp3) is 0.138. The van der Waals surface area contributed by atoms with Gasteiger partial charge in [-0.3, -0.25) is 23.6 Å². The third-order valence-corrected chi connectivity index (χ3v) is 7.57. The van der Waals surface area contributed by atoms with Crippen molar-refractivity contribution in [3.63, 3.8) is 0 Å². The van der Waals surface area contributed by atoms with Gasteiger partial charge in [0.1, 0.15) is 22.8 Å². The number of tetrazole rings is 1. The van der Waals surface area contributed by atoms with Crippen LogP contribution < -0.4 is 32.5 Å². The summed E-state index contributed by atoms with van der Waals surface area (Å²) in [6, 6.07) is 14.0. The van der Waals surface area contributed by atoms with Gasteiger partial charge in [-0.25, -0.2) is 9.97 Å². The molecule has 1 aliphatic rings. The Hall–Kier alpha value is -6.25. The number of nitrogens with one attached hydrogen (secondary N) is 4. The molecular formula is C29H23N11O4. The lowest BCUT2D eigenvalue weighted by Gasteiger charge is -2.16. The Morgan fingerprint density at radius 1 is 1.07 bits per heavy atom. The second-order valence-electron chi connectivity index (χ2n) is 10.3. The van der Waals surface area contributed by atoms with Gasteiger partial charge in [0.15, 0.2) is 0 Å². The van der Waals surface area contributed by atoms with Crippen LogP contribution in [0.5, 0.6) is 0 Å². The fourth-order valence-electron chi connectivity index (χ4n) is 5.33. The van der Waals surface area contributed by atoms with E-state index < -0.39 is 16.8 Å². The molecule has 0 unspecified atom stereocenters. The summed E-state index contributed by atoms with van der Waals surface area (Å²) in [7, 11) is 0. The van der Waals surface area contributed by atoms with Gasteiger partial charge in [0.25, 0.3) is 22.7 Å². The van der Waals surface area contributed by atoms with Crippen molar-refractivity contribution in [1.82, 2.24) is 45.6 Å². The van der Waals surface area contributed by atoms with Gasteiger partial charge in [0.05, 0.1) is 6.04 Å². The van der Waals surface area contributed by atoms with E-state index in [2.05, 4.69) is 46.5 Å². The number of aromatic nitrogens is 7. The number of carbonyl (C=O) groups excluding carboxylic acids is 2. The molecule has 0 saturated carbocycles. The van der Waals surface area contributed by atoms with E-state index in [1.165, 1.54) is 16.7 Å². The van der Waals surface area contributed by atoms with Gasteiger partial charge in [0.2, 0.25) is 11.6 Å². The van der Waals surface area contributed by atoms with Gasteiger partial charge in [-0.05, 0) is 59.0 Å². The highest BCUT2D eigenvalue weighted by Crippen LogP contribution is 2.33. The van der Waals surface area contributed by atoms with Crippen molar-refractivity contribution in [3.05, 3.63) is 109 Å². The zero-order valence-electron chi connectivity index (χ0n) is 22.9. The monoisotopic (exact) mass is 589 g/mol. The Bertz CT molecular complexity index is 2150. The third-order valence-electron chi connectivity index (χ3n) is 7.57. The number of nitrogens with zero attached hydrogens (tertiary/aromatic N) is 6. The molecule has 44 heavy (non-hydrogen) atoms. The molecular weight excluding hydrogens is 566 g/mol. The molecule has 2 amide bonds. The molecule has 7 rings (SSSR count). The number of benzene rings is 2. The van der Waals surface area contributed by atoms with E-state index in [1.54, 1.807) is 30.5 Å². The molecule has 3 heterocycles. The zero-order chi connectivity index (χ0) is 30.4. The average molecular weight is 590 g/mol. The summed E-state index contributed by atoms with van der Waals surface area (Å²) in [5.74, 6) is -0.174. The molecule has 3 aromatic heterocycles. The molecule has 0 spiro atoms. The second kappa shape index (κ2) is 10.5. The number of fused-ring (bicyclic) bond motifs is 2. The van der Waals surface area contributed by atoms with Gasteiger partial charge in [0, 0.05) is 30.2 Å². The Labute approximate surface area is 247 Å². The van der Waals surface area contributed by atoms with Crippen molar-refractivity contribution in [2.75, 3.05) is 11.1 Å². The van der Waals surface area contributed by atoms with E-state index in [1.807, 2.05) is 18.2 Å². The predicted molar refractivity (Wildman–Crippen MR) is 158 cm³/mol. The summed E-state index contributed by atoms with van der Waals surface area (Å²) in [4.78, 5) is 58.3. The minimum atomic E-state index is -0.713. The number of hydrogen-bond acceptors (Lipinski definition) is 11. The lowest BCUT2D eigenvalue weighted by Crippen LogP contribution is -2.36. The quantitative estimate of drug-likeness (QED) is 0.159. The van der Waals surface area contributed by atoms with Crippen LogP contribution in [-0.2, 0) is 13.0 Å². The van der Waals surface area contributed by atoms with E-state index in [4.69, 9.17) is 5.73 Å². The molecule has 0 fully saturated rings. The fourth-order valence-corrected chi connectivity index (χ4v) is 5.33. The first kappa shape index (κ1) is 26.6. The Kier molecular flexibility index (Phi) is 6.38. The molecule has 0 radical (unpaired) electrons. The summed E-state index contributed by atoms with van der Waals surface area (Å²) >= 11 is 0. The zero-order valence-corrected chi connectivity index (χ0v) is 22.9. The highest BCUT2D eigenvalue weighted by molar-refractivity contribution is 5.98. The van der Waals surface area contributed by atoms with Gasteiger partial charge in [-0.15, -0.1) is 10.2 Å². The minimum absolute atomic E-state index is 0.0243. The Morgan fingerprint density at radius 3 is 2.77 bits per heavy atom. The normalized spacial score (nSPS) is 14.0. The summed E-state index contributed by atoms with van der Waals surface area (Å²) in [5.41, 5.74) is 8.57. The van der Waals surface area contributed by atoms with E-state index in [0.29, 0.717) is 23.5 Å². The highest BCUT2D eigenvalue weighted by Gasteiger charge is 2.27. The maximum Gasteiger partial charge on any atom is 0.270 e. The van der Waals surface area contributed by atoms with Crippen molar-refractivity contribution in [3.8, 4) is 11.4 Å². The van der Waals surface area contributed by atoms with Crippen LogP contribution in [0.2, 0.25) is 0 Å². The molecule has 0 saturated heterocycles. The number of carbonyl (C=O) groups is 2. The van der Waals surface area contributed by atoms with E-state index in [-0.39, 0.29) is 47.0 Å². The number of hydrogen-bond donors (Lipinski definition) is 5. The first-order chi connectivity index (χ1) is 21.4. The minimum Gasteiger partial charge on any atom is -0.394 e. The first-order valence-corrected chi connectivity index (χ1v) is 13.6. The smallest absolute Gasteiger partial charge is 0.270 e. The van der Waals surface area contributed by atoms with E-state index in [0.717, 1.165) is 23.1 Å². The molecule has 0 bridgehead atoms. The topological polar surface area (TPSA) is 215 Å². The Balaban J connectivity index is 1.06. The predicted octanol–water partition coefficient (Wildman–Crippen LogP) is 1.18. The molecule has 1 aliphatic carbocycles. The summed E-state index contributed by atoms with van der Waals surface area (Å²) in [6.45, 7) is 0.128. The van der Waals surface area contributed by atoms with E-state index >= 15 is 0 Å².